The molecule has 7 nitrogen and oxygen atoms in total. The molecule has 0 aliphatic carbocycles. The second kappa shape index (κ2) is 9.21. The van der Waals surface area contributed by atoms with E-state index in [1.54, 1.807) is 24.3 Å². The Morgan fingerprint density at radius 2 is 1.96 bits per heavy atom. The highest BCUT2D eigenvalue weighted by Crippen LogP contribution is 2.30. The van der Waals surface area contributed by atoms with E-state index in [-0.39, 0.29) is 5.91 Å². The summed E-state index contributed by atoms with van der Waals surface area (Å²) in [5, 5.41) is 20.4. The summed E-state index contributed by atoms with van der Waals surface area (Å²) in [5.41, 5.74) is 1.99. The number of benzene rings is 2. The summed E-state index contributed by atoms with van der Waals surface area (Å²) >= 11 is 2.74. The van der Waals surface area contributed by atoms with Crippen LogP contribution >= 0.6 is 23.1 Å². The lowest BCUT2D eigenvalue weighted by molar-refractivity contribution is 0.102. The van der Waals surface area contributed by atoms with Gasteiger partial charge in [0.15, 0.2) is 15.8 Å². The van der Waals surface area contributed by atoms with Crippen molar-refractivity contribution in [2.24, 2.45) is 0 Å². The standard InChI is InChI=1S/C19H16N4O3S2/c1-25-15-8-7-12(9-16(15)26-2)17(24)21-18-22-23-19(28-18)27-11-14-6-4-3-5-13(14)10-20/h3-9H,11H2,1-2H3,(H,21,22,24). The van der Waals surface area contributed by atoms with E-state index in [9.17, 15) is 4.79 Å². The average Bonchev–Trinajstić information content (AvgIpc) is 3.19. The van der Waals surface area contributed by atoms with Gasteiger partial charge in [0, 0.05) is 11.3 Å². The summed E-state index contributed by atoms with van der Waals surface area (Å²) < 4.78 is 11.1. The third kappa shape index (κ3) is 4.60. The summed E-state index contributed by atoms with van der Waals surface area (Å²) in [6.07, 6.45) is 0. The van der Waals surface area contributed by atoms with E-state index in [2.05, 4.69) is 21.6 Å². The minimum Gasteiger partial charge on any atom is -0.493 e. The molecule has 1 aromatic heterocycles. The Labute approximate surface area is 170 Å². The summed E-state index contributed by atoms with van der Waals surface area (Å²) in [5.74, 6) is 1.30. The molecule has 28 heavy (non-hydrogen) atoms. The van der Waals surface area contributed by atoms with Crippen molar-refractivity contribution in [3.8, 4) is 17.6 Å². The molecule has 3 aromatic rings. The van der Waals surface area contributed by atoms with Crippen LogP contribution in [0.4, 0.5) is 5.13 Å². The number of hydrogen-bond acceptors (Lipinski definition) is 8. The zero-order valence-electron chi connectivity index (χ0n) is 15.1. The van der Waals surface area contributed by atoms with Crippen LogP contribution in [0.15, 0.2) is 46.8 Å². The molecule has 1 N–H and O–H groups in total. The fourth-order valence-corrected chi connectivity index (χ4v) is 4.11. The minimum absolute atomic E-state index is 0.316. The van der Waals surface area contributed by atoms with Crippen molar-refractivity contribution in [1.82, 2.24) is 10.2 Å². The van der Waals surface area contributed by atoms with Gasteiger partial charge in [-0.25, -0.2) is 0 Å². The number of rotatable bonds is 7. The molecule has 0 radical (unpaired) electrons. The number of methoxy groups -OCH3 is 2. The SMILES string of the molecule is COc1ccc(C(=O)Nc2nnc(SCc3ccccc3C#N)s2)cc1OC. The van der Waals surface area contributed by atoms with Gasteiger partial charge in [-0.3, -0.25) is 10.1 Å². The lowest BCUT2D eigenvalue weighted by Crippen LogP contribution is -2.11. The number of thioether (sulfide) groups is 1. The number of amides is 1. The second-order valence-corrected chi connectivity index (χ2v) is 7.65. The fourth-order valence-electron chi connectivity index (χ4n) is 2.36. The molecule has 0 atom stereocenters. The van der Waals surface area contributed by atoms with Crippen molar-refractivity contribution < 1.29 is 14.3 Å². The number of carbonyl (C=O) groups excluding carboxylic acids is 1. The molecule has 0 saturated carbocycles. The Balaban J connectivity index is 1.64. The Morgan fingerprint density at radius 1 is 1.18 bits per heavy atom. The molecule has 0 aliphatic heterocycles. The quantitative estimate of drug-likeness (QED) is 0.463. The topological polar surface area (TPSA) is 97.1 Å². The highest BCUT2D eigenvalue weighted by molar-refractivity contribution is 8.00. The third-order valence-corrected chi connectivity index (χ3v) is 5.78. The highest BCUT2D eigenvalue weighted by atomic mass is 32.2. The maximum absolute atomic E-state index is 12.4. The third-order valence-electron chi connectivity index (χ3n) is 3.76. The minimum atomic E-state index is -0.316. The lowest BCUT2D eigenvalue weighted by atomic mass is 10.1. The molecule has 0 saturated heterocycles. The van der Waals surface area contributed by atoms with Gasteiger partial charge in [0.05, 0.1) is 25.9 Å². The largest absolute Gasteiger partial charge is 0.493 e. The van der Waals surface area contributed by atoms with Crippen molar-refractivity contribution in [2.45, 2.75) is 10.1 Å². The zero-order valence-corrected chi connectivity index (χ0v) is 16.8. The fraction of sp³-hybridized carbons (Fsp3) is 0.158. The number of nitrogens with zero attached hydrogens (tertiary/aromatic N) is 3. The van der Waals surface area contributed by atoms with Gasteiger partial charge in [0.2, 0.25) is 5.13 Å². The highest BCUT2D eigenvalue weighted by Gasteiger charge is 2.14. The van der Waals surface area contributed by atoms with Gasteiger partial charge in [0.25, 0.3) is 5.91 Å². The number of hydrogen-bond donors (Lipinski definition) is 1. The van der Waals surface area contributed by atoms with Gasteiger partial charge in [-0.2, -0.15) is 5.26 Å². The van der Waals surface area contributed by atoms with Crippen molar-refractivity contribution >= 4 is 34.1 Å². The van der Waals surface area contributed by atoms with Crippen LogP contribution in [-0.4, -0.2) is 30.3 Å². The monoisotopic (exact) mass is 412 g/mol. The number of nitriles is 1. The van der Waals surface area contributed by atoms with Gasteiger partial charge in [-0.15, -0.1) is 10.2 Å². The predicted octanol–water partition coefficient (Wildman–Crippen LogP) is 3.97. The number of nitrogens with one attached hydrogen (secondary N) is 1. The molecule has 0 aliphatic rings. The molecule has 1 heterocycles. The molecule has 0 unspecified atom stereocenters. The van der Waals surface area contributed by atoms with E-state index in [1.807, 2.05) is 18.2 Å². The van der Waals surface area contributed by atoms with Crippen molar-refractivity contribution in [2.75, 3.05) is 19.5 Å². The first-order chi connectivity index (χ1) is 13.6. The molecule has 9 heteroatoms. The number of aromatic nitrogens is 2. The van der Waals surface area contributed by atoms with Gasteiger partial charge >= 0.3 is 0 Å². The van der Waals surface area contributed by atoms with Crippen molar-refractivity contribution in [3.05, 3.63) is 59.2 Å². The van der Waals surface area contributed by atoms with Crippen molar-refractivity contribution in [3.63, 3.8) is 0 Å². The predicted molar refractivity (Wildman–Crippen MR) is 108 cm³/mol. The summed E-state index contributed by atoms with van der Waals surface area (Å²) in [4.78, 5) is 12.4. The average molecular weight is 412 g/mol. The van der Waals surface area contributed by atoms with Gasteiger partial charge < -0.3 is 9.47 Å². The normalized spacial score (nSPS) is 10.2. The first kappa shape index (κ1) is 19.7. The Bertz CT molecular complexity index is 1030. The van der Waals surface area contributed by atoms with Crippen LogP contribution in [0.1, 0.15) is 21.5 Å². The number of carbonyl (C=O) groups is 1. The molecule has 3 rings (SSSR count). The molecule has 1 amide bonds. The maximum Gasteiger partial charge on any atom is 0.257 e. The number of ether oxygens (including phenoxy) is 2. The lowest BCUT2D eigenvalue weighted by Gasteiger charge is -2.08. The van der Waals surface area contributed by atoms with Crippen LogP contribution in [0.3, 0.4) is 0 Å². The second-order valence-electron chi connectivity index (χ2n) is 5.45. The first-order valence-corrected chi connectivity index (χ1v) is 9.92. The van der Waals surface area contributed by atoms with Gasteiger partial charge in [-0.1, -0.05) is 41.3 Å². The molecular weight excluding hydrogens is 396 g/mol. The molecule has 0 spiro atoms. The van der Waals surface area contributed by atoms with E-state index < -0.39 is 0 Å². The molecule has 0 fully saturated rings. The van der Waals surface area contributed by atoms with E-state index in [0.29, 0.717) is 37.8 Å². The van der Waals surface area contributed by atoms with Crippen LogP contribution in [0.25, 0.3) is 0 Å². The summed E-state index contributed by atoms with van der Waals surface area (Å²) in [6, 6.07) is 14.5. The van der Waals surface area contributed by atoms with E-state index in [1.165, 1.54) is 37.3 Å². The van der Waals surface area contributed by atoms with E-state index >= 15 is 0 Å². The Morgan fingerprint density at radius 3 is 2.71 bits per heavy atom. The zero-order chi connectivity index (χ0) is 19.9. The van der Waals surface area contributed by atoms with Crippen LogP contribution in [0.5, 0.6) is 11.5 Å². The van der Waals surface area contributed by atoms with Crippen LogP contribution in [0.2, 0.25) is 0 Å². The summed E-state index contributed by atoms with van der Waals surface area (Å²) in [6.45, 7) is 0. The van der Waals surface area contributed by atoms with E-state index in [4.69, 9.17) is 14.7 Å². The van der Waals surface area contributed by atoms with E-state index in [0.717, 1.165) is 5.56 Å². The van der Waals surface area contributed by atoms with Crippen LogP contribution < -0.4 is 14.8 Å². The van der Waals surface area contributed by atoms with Gasteiger partial charge in [0.1, 0.15) is 0 Å². The van der Waals surface area contributed by atoms with Crippen LogP contribution in [0, 0.1) is 11.3 Å². The molecule has 2 aromatic carbocycles. The van der Waals surface area contributed by atoms with Crippen molar-refractivity contribution in [1.29, 1.82) is 5.26 Å². The Hall–Kier alpha value is -3.09. The number of anilines is 1. The molecular formula is C19H16N4O3S2. The molecule has 142 valence electrons. The summed E-state index contributed by atoms with van der Waals surface area (Å²) in [7, 11) is 3.05. The van der Waals surface area contributed by atoms with Crippen LogP contribution in [-0.2, 0) is 5.75 Å². The molecule has 0 bridgehead atoms. The van der Waals surface area contributed by atoms with Gasteiger partial charge in [-0.05, 0) is 29.8 Å². The smallest absolute Gasteiger partial charge is 0.257 e. The maximum atomic E-state index is 12.4. The Kier molecular flexibility index (Phi) is 6.47. The first-order valence-electron chi connectivity index (χ1n) is 8.12.